The van der Waals surface area contributed by atoms with Crippen LogP contribution in [-0.2, 0) is 0 Å². The first kappa shape index (κ1) is 12.7. The van der Waals surface area contributed by atoms with Crippen LogP contribution in [0.1, 0.15) is 42.7 Å². The Morgan fingerprint density at radius 1 is 1.29 bits per heavy atom. The van der Waals surface area contributed by atoms with E-state index in [2.05, 4.69) is 48.4 Å². The fourth-order valence-corrected chi connectivity index (χ4v) is 3.81. The Morgan fingerprint density at radius 2 is 2.14 bits per heavy atom. The first-order chi connectivity index (χ1) is 10.1. The first-order valence-electron chi connectivity index (χ1n) is 7.03. The highest BCUT2D eigenvalue weighted by molar-refractivity contribution is 7.12. The summed E-state index contributed by atoms with van der Waals surface area (Å²) in [5.74, 6) is 1.14. The number of rotatable bonds is 1. The van der Waals surface area contributed by atoms with E-state index in [4.69, 9.17) is 4.99 Å². The molecule has 1 aliphatic rings. The van der Waals surface area contributed by atoms with Crippen LogP contribution in [0.3, 0.4) is 0 Å². The van der Waals surface area contributed by atoms with Crippen LogP contribution in [0.4, 0.5) is 0 Å². The topological polar surface area (TPSA) is 42.5 Å². The van der Waals surface area contributed by atoms with Gasteiger partial charge in [0.2, 0.25) is 5.78 Å². The summed E-state index contributed by atoms with van der Waals surface area (Å²) in [5.41, 5.74) is 3.38. The van der Waals surface area contributed by atoms with Gasteiger partial charge in [-0.1, -0.05) is 6.92 Å². The van der Waals surface area contributed by atoms with E-state index in [1.165, 1.54) is 10.4 Å². The summed E-state index contributed by atoms with van der Waals surface area (Å²) in [5, 5.41) is 2.15. The summed E-state index contributed by atoms with van der Waals surface area (Å²) in [6.07, 6.45) is 7.61. The molecular weight excluding hydrogens is 280 g/mol. The van der Waals surface area contributed by atoms with Crippen LogP contribution in [0, 0.1) is 0 Å². The van der Waals surface area contributed by atoms with Crippen molar-refractivity contribution in [2.45, 2.75) is 32.2 Å². The van der Waals surface area contributed by atoms with Crippen LogP contribution in [0.2, 0.25) is 0 Å². The minimum atomic E-state index is -0.104. The Morgan fingerprint density at radius 3 is 3.00 bits per heavy atom. The number of nitrogens with zero attached hydrogens (tertiary/aromatic N) is 4. The van der Waals surface area contributed by atoms with Crippen molar-refractivity contribution in [2.75, 3.05) is 0 Å². The lowest BCUT2D eigenvalue weighted by molar-refractivity contribution is 0.433. The van der Waals surface area contributed by atoms with Crippen molar-refractivity contribution < 1.29 is 0 Å². The Balaban J connectivity index is 1.94. The van der Waals surface area contributed by atoms with Gasteiger partial charge in [-0.2, -0.15) is 0 Å². The molecule has 0 saturated heterocycles. The normalized spacial score (nSPS) is 20.3. The Labute approximate surface area is 127 Å². The van der Waals surface area contributed by atoms with Crippen LogP contribution in [0.15, 0.2) is 41.2 Å². The Hall–Kier alpha value is -2.01. The van der Waals surface area contributed by atoms with Gasteiger partial charge in [0.1, 0.15) is 0 Å². The lowest BCUT2D eigenvalue weighted by Gasteiger charge is -2.33. The fraction of sp³-hybridized carbons (Fsp3) is 0.312. The number of hydrogen-bond donors (Lipinski definition) is 0. The van der Waals surface area contributed by atoms with Crippen molar-refractivity contribution >= 4 is 22.8 Å². The van der Waals surface area contributed by atoms with Crippen LogP contribution >= 0.6 is 11.3 Å². The number of aromatic nitrogens is 3. The first-order valence-corrected chi connectivity index (χ1v) is 7.91. The van der Waals surface area contributed by atoms with Crippen LogP contribution in [0.5, 0.6) is 0 Å². The van der Waals surface area contributed by atoms with Crippen LogP contribution in [0.25, 0.3) is 5.78 Å². The Bertz CT molecular complexity index is 856. The van der Waals surface area contributed by atoms with Crippen molar-refractivity contribution in [3.63, 3.8) is 0 Å². The van der Waals surface area contributed by atoms with E-state index in [1.54, 1.807) is 17.5 Å². The monoisotopic (exact) mass is 296 g/mol. The second-order valence-corrected chi connectivity index (χ2v) is 6.93. The van der Waals surface area contributed by atoms with Gasteiger partial charge in [0, 0.05) is 36.3 Å². The second-order valence-electron chi connectivity index (χ2n) is 6.02. The average molecular weight is 296 g/mol. The summed E-state index contributed by atoms with van der Waals surface area (Å²) in [4.78, 5) is 14.9. The van der Waals surface area contributed by atoms with Gasteiger partial charge in [0.15, 0.2) is 0 Å². The smallest absolute Gasteiger partial charge is 0.233 e. The zero-order valence-electron chi connectivity index (χ0n) is 12.2. The van der Waals surface area contributed by atoms with Crippen molar-refractivity contribution in [3.05, 3.63) is 52.2 Å². The molecule has 4 rings (SSSR count). The van der Waals surface area contributed by atoms with E-state index in [1.807, 2.05) is 16.8 Å². The van der Waals surface area contributed by atoms with Crippen molar-refractivity contribution in [3.8, 4) is 0 Å². The van der Waals surface area contributed by atoms with E-state index >= 15 is 0 Å². The highest BCUT2D eigenvalue weighted by Crippen LogP contribution is 2.41. The molecule has 0 aromatic carbocycles. The van der Waals surface area contributed by atoms with Gasteiger partial charge < -0.3 is 0 Å². The molecule has 0 fully saturated rings. The van der Waals surface area contributed by atoms with Gasteiger partial charge in [-0.15, -0.1) is 11.3 Å². The molecule has 1 aliphatic heterocycles. The number of thiophene rings is 1. The number of imidazole rings is 1. The highest BCUT2D eigenvalue weighted by atomic mass is 32.1. The lowest BCUT2D eigenvalue weighted by Crippen LogP contribution is -2.32. The van der Waals surface area contributed by atoms with Crippen LogP contribution in [-0.4, -0.2) is 25.6 Å². The quantitative estimate of drug-likeness (QED) is 0.689. The van der Waals surface area contributed by atoms with Crippen molar-refractivity contribution in [2.24, 2.45) is 4.99 Å². The third-order valence-corrected chi connectivity index (χ3v) is 5.29. The molecule has 1 atom stereocenters. The Kier molecular flexibility index (Phi) is 2.57. The molecule has 0 aliphatic carbocycles. The van der Waals surface area contributed by atoms with Crippen molar-refractivity contribution in [1.29, 1.82) is 0 Å². The minimum Gasteiger partial charge on any atom is -0.291 e. The molecule has 3 aromatic rings. The van der Waals surface area contributed by atoms with E-state index in [0.717, 1.165) is 11.3 Å². The molecule has 106 valence electrons. The molecule has 0 amide bonds. The summed E-state index contributed by atoms with van der Waals surface area (Å²) in [6.45, 7) is 6.64. The molecule has 1 unspecified atom stereocenters. The number of hydrogen-bond acceptors (Lipinski definition) is 4. The van der Waals surface area contributed by atoms with E-state index < -0.39 is 0 Å². The van der Waals surface area contributed by atoms with Gasteiger partial charge in [-0.3, -0.25) is 9.39 Å². The predicted molar refractivity (Wildman–Crippen MR) is 85.4 cm³/mol. The maximum atomic E-state index is 5.02. The minimum absolute atomic E-state index is 0.104. The standard InChI is InChI=1S/C16H16N4S/c1-10-12-4-7-21-14(12)13(19-16(10,2)3)11-8-18-15-17-5-6-20(15)9-11/h4-10H,1-3H3. The van der Waals surface area contributed by atoms with E-state index in [9.17, 15) is 0 Å². The van der Waals surface area contributed by atoms with Gasteiger partial charge in [-0.05, 0) is 30.9 Å². The molecule has 0 radical (unpaired) electrons. The molecule has 0 N–H and O–H groups in total. The van der Waals surface area contributed by atoms with E-state index in [0.29, 0.717) is 11.7 Å². The van der Waals surface area contributed by atoms with Crippen LogP contribution < -0.4 is 0 Å². The zero-order chi connectivity index (χ0) is 14.6. The zero-order valence-corrected chi connectivity index (χ0v) is 13.1. The molecule has 0 bridgehead atoms. The van der Waals surface area contributed by atoms with Crippen molar-refractivity contribution in [1.82, 2.24) is 14.4 Å². The average Bonchev–Trinajstić information content (AvgIpc) is 3.10. The van der Waals surface area contributed by atoms with Gasteiger partial charge in [0.05, 0.1) is 16.1 Å². The fourth-order valence-electron chi connectivity index (χ4n) is 2.80. The molecule has 5 heteroatoms. The SMILES string of the molecule is CC1c2ccsc2C(c2cnc3nccn3c2)=NC1(C)C. The second kappa shape index (κ2) is 4.24. The summed E-state index contributed by atoms with van der Waals surface area (Å²) in [7, 11) is 0. The van der Waals surface area contributed by atoms with E-state index in [-0.39, 0.29) is 5.54 Å². The molecular formula is C16H16N4S. The maximum Gasteiger partial charge on any atom is 0.233 e. The third-order valence-electron chi connectivity index (χ3n) is 4.36. The molecule has 4 heterocycles. The third kappa shape index (κ3) is 1.84. The lowest BCUT2D eigenvalue weighted by atomic mass is 9.80. The molecule has 3 aromatic heterocycles. The molecule has 21 heavy (non-hydrogen) atoms. The summed E-state index contributed by atoms with van der Waals surface area (Å²) in [6, 6.07) is 2.23. The largest absolute Gasteiger partial charge is 0.291 e. The highest BCUT2D eigenvalue weighted by Gasteiger charge is 2.35. The number of fused-ring (bicyclic) bond motifs is 2. The summed E-state index contributed by atoms with van der Waals surface area (Å²) >= 11 is 1.76. The molecule has 0 spiro atoms. The van der Waals surface area contributed by atoms with Gasteiger partial charge >= 0.3 is 0 Å². The molecule has 4 nitrogen and oxygen atoms in total. The maximum absolute atomic E-state index is 5.02. The van der Waals surface area contributed by atoms with Gasteiger partial charge in [0.25, 0.3) is 0 Å². The van der Waals surface area contributed by atoms with Gasteiger partial charge in [-0.25, -0.2) is 9.97 Å². The summed E-state index contributed by atoms with van der Waals surface area (Å²) < 4.78 is 1.94. The predicted octanol–water partition coefficient (Wildman–Crippen LogP) is 3.52. The number of aliphatic imine (C=N–C) groups is 1. The molecule has 0 saturated carbocycles.